The van der Waals surface area contributed by atoms with Crippen molar-refractivity contribution in [1.82, 2.24) is 19.8 Å². The molecule has 0 saturated heterocycles. The Labute approximate surface area is 153 Å². The predicted octanol–water partition coefficient (Wildman–Crippen LogP) is 2.45. The molecule has 0 aliphatic heterocycles. The number of aliphatic imine (C=N–C) groups is 1. The van der Waals surface area contributed by atoms with Crippen LogP contribution in [0.15, 0.2) is 41.9 Å². The molecule has 7 heteroatoms. The Morgan fingerprint density at radius 1 is 1.46 bits per heavy atom. The predicted molar refractivity (Wildman–Crippen MR) is 99.9 cm³/mol. The standard InChI is InChI=1S/C19H26FN5O/c1-21-19(24(2)9-10-26-13-15-3-4-15)23-12-16-5-6-18(17(20)11-16)25-8-7-22-14-25/h5-8,11,14-15H,3-4,9-10,12-13H2,1-2H3,(H,21,23). The van der Waals surface area contributed by atoms with Gasteiger partial charge in [0.15, 0.2) is 5.96 Å². The van der Waals surface area contributed by atoms with Gasteiger partial charge in [0.2, 0.25) is 0 Å². The number of benzene rings is 1. The third kappa shape index (κ3) is 5.05. The maximum Gasteiger partial charge on any atom is 0.193 e. The Balaban J connectivity index is 1.48. The molecule has 1 saturated carbocycles. The van der Waals surface area contributed by atoms with Crippen LogP contribution >= 0.6 is 0 Å². The van der Waals surface area contributed by atoms with Crippen molar-refractivity contribution in [2.24, 2.45) is 10.9 Å². The van der Waals surface area contributed by atoms with E-state index in [4.69, 9.17) is 4.74 Å². The Bertz CT molecular complexity index is 728. The van der Waals surface area contributed by atoms with E-state index < -0.39 is 0 Å². The lowest BCUT2D eigenvalue weighted by molar-refractivity contribution is 0.115. The van der Waals surface area contributed by atoms with E-state index in [0.29, 0.717) is 18.8 Å². The normalized spacial score (nSPS) is 14.5. The largest absolute Gasteiger partial charge is 0.379 e. The number of likely N-dealkylation sites (N-methyl/N-ethyl adjacent to an activating group) is 1. The summed E-state index contributed by atoms with van der Waals surface area (Å²) in [5.74, 6) is 1.26. The SMILES string of the molecule is CN=C(NCc1ccc(-n2ccnc2)c(F)c1)N(C)CCOCC1CC1. The number of hydrogen-bond donors (Lipinski definition) is 1. The molecule has 1 aliphatic rings. The van der Waals surface area contributed by atoms with Gasteiger partial charge in [-0.2, -0.15) is 0 Å². The van der Waals surface area contributed by atoms with Gasteiger partial charge in [-0.05, 0) is 36.5 Å². The number of guanidine groups is 1. The second-order valence-corrected chi connectivity index (χ2v) is 6.60. The van der Waals surface area contributed by atoms with Crippen molar-refractivity contribution in [1.29, 1.82) is 0 Å². The van der Waals surface area contributed by atoms with Crippen LogP contribution in [0.4, 0.5) is 4.39 Å². The monoisotopic (exact) mass is 359 g/mol. The highest BCUT2D eigenvalue weighted by molar-refractivity contribution is 5.79. The molecular formula is C19H26FN5O. The fourth-order valence-corrected chi connectivity index (χ4v) is 2.68. The first kappa shape index (κ1) is 18.4. The van der Waals surface area contributed by atoms with E-state index in [1.165, 1.54) is 18.9 Å². The highest BCUT2D eigenvalue weighted by atomic mass is 19.1. The van der Waals surface area contributed by atoms with E-state index in [2.05, 4.69) is 15.3 Å². The van der Waals surface area contributed by atoms with Crippen LogP contribution < -0.4 is 5.32 Å². The molecule has 1 aromatic heterocycles. The van der Waals surface area contributed by atoms with Gasteiger partial charge in [0, 0.05) is 46.2 Å². The first-order chi connectivity index (χ1) is 12.7. The molecule has 0 atom stereocenters. The molecule has 2 aromatic rings. The summed E-state index contributed by atoms with van der Waals surface area (Å²) >= 11 is 0. The lowest BCUT2D eigenvalue weighted by atomic mass is 10.2. The zero-order chi connectivity index (χ0) is 18.4. The summed E-state index contributed by atoms with van der Waals surface area (Å²) < 4.78 is 21.6. The number of ether oxygens (including phenoxy) is 1. The number of aromatic nitrogens is 2. The summed E-state index contributed by atoms with van der Waals surface area (Å²) in [7, 11) is 3.71. The molecule has 1 fully saturated rings. The quantitative estimate of drug-likeness (QED) is 0.447. The van der Waals surface area contributed by atoms with Crippen LogP contribution in [0.3, 0.4) is 0 Å². The van der Waals surface area contributed by atoms with Crippen molar-refractivity contribution in [3.63, 3.8) is 0 Å². The molecule has 1 aliphatic carbocycles. The summed E-state index contributed by atoms with van der Waals surface area (Å²) in [4.78, 5) is 10.2. The van der Waals surface area contributed by atoms with Crippen molar-refractivity contribution < 1.29 is 9.13 Å². The van der Waals surface area contributed by atoms with Crippen LogP contribution in [0.1, 0.15) is 18.4 Å². The number of rotatable bonds is 8. The summed E-state index contributed by atoms with van der Waals surface area (Å²) in [6.45, 7) is 2.81. The van der Waals surface area contributed by atoms with Gasteiger partial charge < -0.3 is 19.5 Å². The first-order valence-electron chi connectivity index (χ1n) is 8.93. The van der Waals surface area contributed by atoms with Crippen molar-refractivity contribution in [3.8, 4) is 5.69 Å². The maximum absolute atomic E-state index is 14.3. The molecule has 0 amide bonds. The third-order valence-corrected chi connectivity index (χ3v) is 4.44. The van der Waals surface area contributed by atoms with Crippen LogP contribution in [-0.2, 0) is 11.3 Å². The van der Waals surface area contributed by atoms with Gasteiger partial charge in [-0.15, -0.1) is 0 Å². The van der Waals surface area contributed by atoms with Crippen LogP contribution in [0.25, 0.3) is 5.69 Å². The molecule has 0 radical (unpaired) electrons. The third-order valence-electron chi connectivity index (χ3n) is 4.44. The topological polar surface area (TPSA) is 54.7 Å². The zero-order valence-corrected chi connectivity index (χ0v) is 15.4. The Kier molecular flexibility index (Phi) is 6.22. The fraction of sp³-hybridized carbons (Fsp3) is 0.474. The van der Waals surface area contributed by atoms with Crippen LogP contribution in [0.2, 0.25) is 0 Å². The molecule has 1 heterocycles. The van der Waals surface area contributed by atoms with Gasteiger partial charge >= 0.3 is 0 Å². The number of nitrogens with one attached hydrogen (secondary N) is 1. The van der Waals surface area contributed by atoms with Crippen molar-refractivity contribution >= 4 is 5.96 Å². The molecule has 0 unspecified atom stereocenters. The average molecular weight is 359 g/mol. The molecule has 1 aromatic carbocycles. The van der Waals surface area contributed by atoms with Gasteiger partial charge in [0.25, 0.3) is 0 Å². The molecule has 6 nitrogen and oxygen atoms in total. The summed E-state index contributed by atoms with van der Waals surface area (Å²) in [5, 5.41) is 3.26. The average Bonchev–Trinajstić information content (AvgIpc) is 3.31. The van der Waals surface area contributed by atoms with E-state index in [0.717, 1.165) is 30.6 Å². The van der Waals surface area contributed by atoms with Crippen molar-refractivity contribution in [2.45, 2.75) is 19.4 Å². The Hall–Kier alpha value is -2.41. The van der Waals surface area contributed by atoms with E-state index in [1.54, 1.807) is 36.4 Å². The Morgan fingerprint density at radius 3 is 2.96 bits per heavy atom. The van der Waals surface area contributed by atoms with Gasteiger partial charge in [-0.25, -0.2) is 9.37 Å². The lowest BCUT2D eigenvalue weighted by Gasteiger charge is -2.22. The van der Waals surface area contributed by atoms with Crippen molar-refractivity contribution in [2.75, 3.05) is 33.9 Å². The lowest BCUT2D eigenvalue weighted by Crippen LogP contribution is -2.40. The summed E-state index contributed by atoms with van der Waals surface area (Å²) in [6, 6.07) is 5.19. The van der Waals surface area contributed by atoms with Crippen LogP contribution in [0, 0.1) is 11.7 Å². The van der Waals surface area contributed by atoms with Gasteiger partial charge in [-0.1, -0.05) is 6.07 Å². The van der Waals surface area contributed by atoms with Gasteiger partial charge in [-0.3, -0.25) is 4.99 Å². The number of imidazole rings is 1. The molecular weight excluding hydrogens is 333 g/mol. The molecule has 3 rings (SSSR count). The van der Waals surface area contributed by atoms with E-state index in [-0.39, 0.29) is 5.82 Å². The summed E-state index contributed by atoms with van der Waals surface area (Å²) in [6.07, 6.45) is 7.53. The zero-order valence-electron chi connectivity index (χ0n) is 15.4. The van der Waals surface area contributed by atoms with E-state index >= 15 is 0 Å². The minimum atomic E-state index is -0.279. The molecule has 140 valence electrons. The molecule has 1 N–H and O–H groups in total. The van der Waals surface area contributed by atoms with Crippen LogP contribution in [-0.4, -0.2) is 54.3 Å². The number of nitrogens with zero attached hydrogens (tertiary/aromatic N) is 4. The highest BCUT2D eigenvalue weighted by Gasteiger charge is 2.21. The van der Waals surface area contributed by atoms with Crippen LogP contribution in [0.5, 0.6) is 0 Å². The minimum absolute atomic E-state index is 0.279. The van der Waals surface area contributed by atoms with E-state index in [9.17, 15) is 4.39 Å². The van der Waals surface area contributed by atoms with Gasteiger partial charge in [0.05, 0.1) is 18.6 Å². The Morgan fingerprint density at radius 2 is 2.31 bits per heavy atom. The van der Waals surface area contributed by atoms with Crippen molar-refractivity contribution in [3.05, 3.63) is 48.3 Å². The maximum atomic E-state index is 14.3. The molecule has 26 heavy (non-hydrogen) atoms. The number of halogens is 1. The second kappa shape index (κ2) is 8.80. The van der Waals surface area contributed by atoms with Gasteiger partial charge in [0.1, 0.15) is 5.82 Å². The fourth-order valence-electron chi connectivity index (χ4n) is 2.68. The second-order valence-electron chi connectivity index (χ2n) is 6.60. The summed E-state index contributed by atoms with van der Waals surface area (Å²) in [5.41, 5.74) is 1.34. The number of hydrogen-bond acceptors (Lipinski definition) is 3. The van der Waals surface area contributed by atoms with E-state index in [1.807, 2.05) is 18.0 Å². The smallest absolute Gasteiger partial charge is 0.193 e. The molecule has 0 spiro atoms. The molecule has 0 bridgehead atoms. The first-order valence-corrected chi connectivity index (χ1v) is 8.93. The minimum Gasteiger partial charge on any atom is -0.379 e. The highest BCUT2D eigenvalue weighted by Crippen LogP contribution is 2.28.